The van der Waals surface area contributed by atoms with Crippen LogP contribution in [0.4, 0.5) is 17.1 Å². The first-order valence-electron chi connectivity index (χ1n) is 11.9. The minimum Gasteiger partial charge on any atom is -0.389 e. The monoisotopic (exact) mass is 485 g/mol. The summed E-state index contributed by atoms with van der Waals surface area (Å²) in [5.41, 5.74) is 1.05. The fraction of sp³-hybridized carbons (Fsp3) is 0.276. The van der Waals surface area contributed by atoms with Gasteiger partial charge >= 0.3 is 0 Å². The zero-order chi connectivity index (χ0) is 25.9. The standard InChI is InChI=1S/C29H31N3O4/c1-29(36)18-23(33)25(27(34)30-20-10-6-4-7-11-20)24(19-14-16-22(17-15-19)32(2)3)26(29)28(35)31-21-12-8-5-9-13-21/h4-17,24-26,36H,18H2,1-3H3,(H,30,34)(H,31,35)/t24-,25-,26+,29-/m1/s1. The van der Waals surface area contributed by atoms with Crippen molar-refractivity contribution in [1.29, 1.82) is 0 Å². The van der Waals surface area contributed by atoms with E-state index >= 15 is 0 Å². The van der Waals surface area contributed by atoms with Crippen molar-refractivity contribution in [1.82, 2.24) is 0 Å². The Morgan fingerprint density at radius 3 is 1.83 bits per heavy atom. The van der Waals surface area contributed by atoms with Crippen molar-refractivity contribution in [2.45, 2.75) is 24.9 Å². The zero-order valence-corrected chi connectivity index (χ0v) is 20.6. The van der Waals surface area contributed by atoms with E-state index in [0.29, 0.717) is 16.9 Å². The van der Waals surface area contributed by atoms with Gasteiger partial charge in [-0.25, -0.2) is 0 Å². The topological polar surface area (TPSA) is 98.7 Å². The molecule has 3 aromatic carbocycles. The normalized spacial score (nSPS) is 23.6. The molecule has 0 heterocycles. The Balaban J connectivity index is 1.77. The average molecular weight is 486 g/mol. The van der Waals surface area contributed by atoms with Gasteiger partial charge in [-0.3, -0.25) is 14.4 Å². The molecule has 7 nitrogen and oxygen atoms in total. The third-order valence-corrected chi connectivity index (χ3v) is 6.71. The van der Waals surface area contributed by atoms with Gasteiger partial charge in [-0.05, 0) is 48.9 Å². The molecule has 4 atom stereocenters. The Bertz CT molecular complexity index is 1220. The van der Waals surface area contributed by atoms with Crippen molar-refractivity contribution in [2.75, 3.05) is 29.6 Å². The molecule has 0 bridgehead atoms. The molecular weight excluding hydrogens is 454 g/mol. The van der Waals surface area contributed by atoms with E-state index in [2.05, 4.69) is 10.6 Å². The number of anilines is 3. The van der Waals surface area contributed by atoms with Crippen LogP contribution in [0.1, 0.15) is 24.8 Å². The van der Waals surface area contributed by atoms with Crippen LogP contribution in [0.5, 0.6) is 0 Å². The molecule has 0 saturated heterocycles. The van der Waals surface area contributed by atoms with Crippen LogP contribution in [-0.4, -0.2) is 42.4 Å². The van der Waals surface area contributed by atoms with E-state index in [1.54, 1.807) is 48.5 Å². The number of aliphatic hydroxyl groups is 1. The Kier molecular flexibility index (Phi) is 7.22. The van der Waals surface area contributed by atoms with Crippen LogP contribution in [0.3, 0.4) is 0 Å². The predicted octanol–water partition coefficient (Wildman–Crippen LogP) is 4.07. The number of nitrogens with one attached hydrogen (secondary N) is 2. The fourth-order valence-corrected chi connectivity index (χ4v) is 4.97. The molecule has 0 aliphatic heterocycles. The van der Waals surface area contributed by atoms with E-state index in [9.17, 15) is 19.5 Å². The largest absolute Gasteiger partial charge is 0.389 e. The maximum Gasteiger partial charge on any atom is 0.235 e. The van der Waals surface area contributed by atoms with Crippen LogP contribution in [-0.2, 0) is 14.4 Å². The summed E-state index contributed by atoms with van der Waals surface area (Å²) >= 11 is 0. The molecule has 0 spiro atoms. The Hall–Kier alpha value is -3.97. The number of Topliss-reactive ketones (excluding diaryl/α,β-unsaturated/α-hetero) is 1. The van der Waals surface area contributed by atoms with E-state index in [1.807, 2.05) is 55.4 Å². The van der Waals surface area contributed by atoms with Gasteiger partial charge in [0.1, 0.15) is 11.7 Å². The molecule has 0 radical (unpaired) electrons. The molecule has 2 amide bonds. The molecule has 3 N–H and O–H groups in total. The quantitative estimate of drug-likeness (QED) is 0.457. The summed E-state index contributed by atoms with van der Waals surface area (Å²) in [6.07, 6.45) is -0.307. The van der Waals surface area contributed by atoms with Crippen LogP contribution in [0.2, 0.25) is 0 Å². The molecule has 1 aliphatic rings. The average Bonchev–Trinajstić information content (AvgIpc) is 2.84. The van der Waals surface area contributed by atoms with Crippen molar-refractivity contribution < 1.29 is 19.5 Å². The number of hydrogen-bond donors (Lipinski definition) is 3. The molecule has 1 fully saturated rings. The predicted molar refractivity (Wildman–Crippen MR) is 141 cm³/mol. The van der Waals surface area contributed by atoms with Gasteiger partial charge in [-0.1, -0.05) is 48.5 Å². The highest BCUT2D eigenvalue weighted by atomic mass is 16.3. The maximum atomic E-state index is 13.7. The van der Waals surface area contributed by atoms with Crippen molar-refractivity contribution in [2.24, 2.45) is 11.8 Å². The summed E-state index contributed by atoms with van der Waals surface area (Å²) in [6.45, 7) is 1.49. The lowest BCUT2D eigenvalue weighted by atomic mass is 9.61. The minimum absolute atomic E-state index is 0.307. The lowest BCUT2D eigenvalue weighted by molar-refractivity contribution is -0.150. The van der Waals surface area contributed by atoms with E-state index in [0.717, 1.165) is 5.69 Å². The molecular formula is C29H31N3O4. The number of rotatable bonds is 6. The third kappa shape index (κ3) is 5.31. The second kappa shape index (κ2) is 10.3. The van der Waals surface area contributed by atoms with Gasteiger partial charge in [0.05, 0.1) is 11.5 Å². The number of carbonyl (C=O) groups is 3. The van der Waals surface area contributed by atoms with Crippen molar-refractivity contribution in [3.8, 4) is 0 Å². The lowest BCUT2D eigenvalue weighted by Crippen LogP contribution is -2.56. The lowest BCUT2D eigenvalue weighted by Gasteiger charge is -2.44. The summed E-state index contributed by atoms with van der Waals surface area (Å²) in [5.74, 6) is -4.42. The molecule has 1 saturated carbocycles. The summed E-state index contributed by atoms with van der Waals surface area (Å²) in [5, 5.41) is 17.1. The molecule has 0 unspecified atom stereocenters. The zero-order valence-electron chi connectivity index (χ0n) is 20.6. The smallest absolute Gasteiger partial charge is 0.235 e. The molecule has 3 aromatic rings. The van der Waals surface area contributed by atoms with Crippen molar-refractivity contribution in [3.63, 3.8) is 0 Å². The van der Waals surface area contributed by atoms with Crippen LogP contribution in [0, 0.1) is 11.8 Å². The number of amides is 2. The Morgan fingerprint density at radius 2 is 1.33 bits per heavy atom. The van der Waals surface area contributed by atoms with Crippen LogP contribution >= 0.6 is 0 Å². The fourth-order valence-electron chi connectivity index (χ4n) is 4.97. The Morgan fingerprint density at radius 1 is 0.833 bits per heavy atom. The van der Waals surface area contributed by atoms with Gasteiger partial charge in [-0.2, -0.15) is 0 Å². The van der Waals surface area contributed by atoms with Gasteiger partial charge in [0.15, 0.2) is 0 Å². The molecule has 186 valence electrons. The van der Waals surface area contributed by atoms with Crippen LogP contribution in [0.25, 0.3) is 0 Å². The number of ketones is 1. The van der Waals surface area contributed by atoms with Gasteiger partial charge in [0.2, 0.25) is 11.8 Å². The second-order valence-electron chi connectivity index (χ2n) is 9.68. The van der Waals surface area contributed by atoms with Gasteiger partial charge in [0, 0.05) is 43.5 Å². The highest BCUT2D eigenvalue weighted by Crippen LogP contribution is 2.46. The number of para-hydroxylation sites is 2. The first kappa shape index (κ1) is 25.1. The molecule has 4 rings (SSSR count). The minimum atomic E-state index is -1.65. The van der Waals surface area contributed by atoms with E-state index in [1.165, 1.54) is 6.92 Å². The molecule has 0 aromatic heterocycles. The van der Waals surface area contributed by atoms with Crippen molar-refractivity contribution in [3.05, 3.63) is 90.5 Å². The first-order chi connectivity index (χ1) is 17.2. The molecule has 7 heteroatoms. The van der Waals surface area contributed by atoms with Gasteiger partial charge in [0.25, 0.3) is 0 Å². The van der Waals surface area contributed by atoms with Gasteiger partial charge < -0.3 is 20.6 Å². The number of carbonyl (C=O) groups excluding carboxylic acids is 3. The number of nitrogens with zero attached hydrogens (tertiary/aromatic N) is 1. The summed E-state index contributed by atoms with van der Waals surface area (Å²) in [7, 11) is 3.83. The number of benzene rings is 3. The van der Waals surface area contributed by atoms with Crippen LogP contribution < -0.4 is 15.5 Å². The first-order valence-corrected chi connectivity index (χ1v) is 11.9. The van der Waals surface area contributed by atoms with E-state index in [-0.39, 0.29) is 6.42 Å². The number of hydrogen-bond acceptors (Lipinski definition) is 5. The van der Waals surface area contributed by atoms with Crippen LogP contribution in [0.15, 0.2) is 84.9 Å². The maximum absolute atomic E-state index is 13.7. The summed E-state index contributed by atoms with van der Waals surface area (Å²) < 4.78 is 0. The van der Waals surface area contributed by atoms with Crippen molar-refractivity contribution >= 4 is 34.7 Å². The third-order valence-electron chi connectivity index (χ3n) is 6.71. The SMILES string of the molecule is CN(C)c1ccc([C@@H]2[C@H](C(=O)Nc3ccccc3)C(=O)C[C@@](C)(O)[C@@H]2C(=O)Nc2ccccc2)cc1. The van der Waals surface area contributed by atoms with Gasteiger partial charge in [-0.15, -0.1) is 0 Å². The Labute approximate surface area is 211 Å². The summed E-state index contributed by atoms with van der Waals surface area (Å²) in [6, 6.07) is 25.2. The van der Waals surface area contributed by atoms with E-state index < -0.39 is 41.0 Å². The van der Waals surface area contributed by atoms with E-state index in [4.69, 9.17) is 0 Å². The molecule has 36 heavy (non-hydrogen) atoms. The highest BCUT2D eigenvalue weighted by Gasteiger charge is 2.55. The highest BCUT2D eigenvalue weighted by molar-refractivity contribution is 6.10. The summed E-state index contributed by atoms with van der Waals surface area (Å²) in [4.78, 5) is 42.5. The second-order valence-corrected chi connectivity index (χ2v) is 9.68. The molecule has 1 aliphatic carbocycles.